The molecule has 17 heavy (non-hydrogen) atoms. The van der Waals surface area contributed by atoms with Gasteiger partial charge in [-0.05, 0) is 24.3 Å². The van der Waals surface area contributed by atoms with E-state index in [0.29, 0.717) is 12.8 Å². The van der Waals surface area contributed by atoms with E-state index in [4.69, 9.17) is 0 Å². The van der Waals surface area contributed by atoms with E-state index >= 15 is 0 Å². The van der Waals surface area contributed by atoms with Crippen molar-refractivity contribution < 1.29 is 4.79 Å². The monoisotopic (exact) mass is 249 g/mol. The number of Topliss-reactive ketones (excluding diaryl/α,β-unsaturated/α-hetero) is 1. The van der Waals surface area contributed by atoms with Crippen molar-refractivity contribution in [3.05, 3.63) is 34.3 Å². The largest absolute Gasteiger partial charge is 0.299 e. The summed E-state index contributed by atoms with van der Waals surface area (Å²) in [6.07, 6.45) is 4.72. The van der Waals surface area contributed by atoms with Crippen LogP contribution < -0.4 is 0 Å². The van der Waals surface area contributed by atoms with E-state index < -0.39 is 0 Å². The molecule has 2 aromatic rings. The molecule has 2 rings (SSSR count). The Morgan fingerprint density at radius 2 is 2.41 bits per heavy atom. The average molecular weight is 249 g/mol. The molecular formula is C12H15N3OS. The van der Waals surface area contributed by atoms with Crippen LogP contribution >= 0.6 is 11.3 Å². The highest BCUT2D eigenvalue weighted by molar-refractivity contribution is 7.09. The van der Waals surface area contributed by atoms with Gasteiger partial charge in [-0.1, -0.05) is 11.3 Å². The highest BCUT2D eigenvalue weighted by atomic mass is 32.1. The fraction of sp³-hybridized carbons (Fsp3) is 0.417. The molecule has 5 heteroatoms. The molecule has 0 radical (unpaired) electrons. The third-order valence-corrected chi connectivity index (χ3v) is 3.42. The molecule has 0 amide bonds. The van der Waals surface area contributed by atoms with Crippen LogP contribution in [-0.4, -0.2) is 20.8 Å². The van der Waals surface area contributed by atoms with Gasteiger partial charge in [-0.3, -0.25) is 9.48 Å². The molecule has 0 bridgehead atoms. The summed E-state index contributed by atoms with van der Waals surface area (Å²) in [5, 5.41) is 9.78. The van der Waals surface area contributed by atoms with Gasteiger partial charge in [0.2, 0.25) is 0 Å². The van der Waals surface area contributed by atoms with Gasteiger partial charge in [0, 0.05) is 24.5 Å². The number of carbonyl (C=O) groups is 1. The number of aryl methyl sites for hydroxylation is 2. The highest BCUT2D eigenvalue weighted by Gasteiger charge is 2.07. The molecule has 0 aliphatic carbocycles. The van der Waals surface area contributed by atoms with Crippen molar-refractivity contribution in [1.82, 2.24) is 15.0 Å². The van der Waals surface area contributed by atoms with Gasteiger partial charge in [0.15, 0.2) is 0 Å². The summed E-state index contributed by atoms with van der Waals surface area (Å²) in [4.78, 5) is 13.0. The van der Waals surface area contributed by atoms with Crippen molar-refractivity contribution >= 4 is 17.1 Å². The second kappa shape index (κ2) is 5.72. The van der Waals surface area contributed by atoms with E-state index in [0.717, 1.165) is 18.5 Å². The maximum atomic E-state index is 11.7. The Morgan fingerprint density at radius 1 is 1.53 bits per heavy atom. The first-order valence-electron chi connectivity index (χ1n) is 5.63. The van der Waals surface area contributed by atoms with Crippen LogP contribution in [0.4, 0.5) is 0 Å². The minimum atomic E-state index is 0.238. The fourth-order valence-electron chi connectivity index (χ4n) is 1.68. The van der Waals surface area contributed by atoms with Crippen LogP contribution in [0.2, 0.25) is 0 Å². The number of nitrogens with zero attached hydrogens (tertiary/aromatic N) is 3. The van der Waals surface area contributed by atoms with Crippen LogP contribution in [-0.2, 0) is 24.7 Å². The first-order valence-corrected chi connectivity index (χ1v) is 6.51. The minimum absolute atomic E-state index is 0.238. The van der Waals surface area contributed by atoms with Gasteiger partial charge in [-0.25, -0.2) is 0 Å². The van der Waals surface area contributed by atoms with Crippen LogP contribution in [0.15, 0.2) is 23.7 Å². The molecular weight excluding hydrogens is 234 g/mol. The summed E-state index contributed by atoms with van der Waals surface area (Å²) < 4.78 is 1.62. The lowest BCUT2D eigenvalue weighted by molar-refractivity contribution is -0.118. The normalized spacial score (nSPS) is 10.6. The van der Waals surface area contributed by atoms with Gasteiger partial charge in [-0.15, -0.1) is 16.4 Å². The van der Waals surface area contributed by atoms with Crippen molar-refractivity contribution in [1.29, 1.82) is 0 Å². The van der Waals surface area contributed by atoms with Gasteiger partial charge in [0.25, 0.3) is 0 Å². The highest BCUT2D eigenvalue weighted by Crippen LogP contribution is 2.12. The molecule has 0 fully saturated rings. The number of thiophene rings is 1. The maximum absolute atomic E-state index is 11.7. The molecule has 90 valence electrons. The standard InChI is InChI=1S/C12H15N3OS/c1-15-9-10(13-14-15)8-11(16)4-2-5-12-6-3-7-17-12/h3,6-7,9H,2,4-5,8H2,1H3. The number of hydrogen-bond donors (Lipinski definition) is 0. The minimum Gasteiger partial charge on any atom is -0.299 e. The van der Waals surface area contributed by atoms with Crippen molar-refractivity contribution in [2.24, 2.45) is 7.05 Å². The van der Waals surface area contributed by atoms with Crippen LogP contribution in [0.1, 0.15) is 23.4 Å². The molecule has 0 saturated carbocycles. The molecule has 0 aliphatic rings. The van der Waals surface area contributed by atoms with Gasteiger partial charge >= 0.3 is 0 Å². The van der Waals surface area contributed by atoms with Gasteiger partial charge in [0.05, 0.1) is 12.1 Å². The first kappa shape index (κ1) is 12.0. The maximum Gasteiger partial charge on any atom is 0.138 e. The summed E-state index contributed by atoms with van der Waals surface area (Å²) in [5.41, 5.74) is 0.758. The zero-order valence-corrected chi connectivity index (χ0v) is 10.6. The molecule has 0 spiro atoms. The summed E-state index contributed by atoms with van der Waals surface area (Å²) >= 11 is 1.74. The van der Waals surface area contributed by atoms with Crippen LogP contribution in [0.5, 0.6) is 0 Å². The number of carbonyl (C=O) groups excluding carboxylic acids is 1. The van der Waals surface area contributed by atoms with E-state index in [2.05, 4.69) is 21.8 Å². The van der Waals surface area contributed by atoms with Crippen LogP contribution in [0.3, 0.4) is 0 Å². The van der Waals surface area contributed by atoms with E-state index in [9.17, 15) is 4.79 Å². The number of hydrogen-bond acceptors (Lipinski definition) is 4. The topological polar surface area (TPSA) is 47.8 Å². The molecule has 0 unspecified atom stereocenters. The molecule has 2 heterocycles. The van der Waals surface area contributed by atoms with Gasteiger partial charge in [-0.2, -0.15) is 0 Å². The second-order valence-electron chi connectivity index (χ2n) is 4.03. The van der Waals surface area contributed by atoms with Crippen molar-refractivity contribution in [3.8, 4) is 0 Å². The summed E-state index contributed by atoms with van der Waals surface area (Å²) in [5.74, 6) is 0.238. The van der Waals surface area contributed by atoms with E-state index in [1.807, 2.05) is 6.07 Å². The zero-order chi connectivity index (χ0) is 12.1. The Hall–Kier alpha value is -1.49. The Bertz CT molecular complexity index is 476. The molecule has 2 aromatic heterocycles. The van der Waals surface area contributed by atoms with Crippen molar-refractivity contribution in [2.45, 2.75) is 25.7 Å². The predicted molar refractivity (Wildman–Crippen MR) is 67.0 cm³/mol. The van der Waals surface area contributed by atoms with Crippen molar-refractivity contribution in [3.63, 3.8) is 0 Å². The average Bonchev–Trinajstić information content (AvgIpc) is 2.90. The van der Waals surface area contributed by atoms with Crippen molar-refractivity contribution in [2.75, 3.05) is 0 Å². The smallest absolute Gasteiger partial charge is 0.138 e. The van der Waals surface area contributed by atoms with Crippen LogP contribution in [0.25, 0.3) is 0 Å². The van der Waals surface area contributed by atoms with E-state index in [-0.39, 0.29) is 5.78 Å². The Kier molecular flexibility index (Phi) is 4.03. The molecule has 0 N–H and O–H groups in total. The predicted octanol–water partition coefficient (Wildman–Crippen LogP) is 2.01. The Morgan fingerprint density at radius 3 is 3.06 bits per heavy atom. The quantitative estimate of drug-likeness (QED) is 0.787. The molecule has 0 saturated heterocycles. The lowest BCUT2D eigenvalue weighted by atomic mass is 10.1. The van der Waals surface area contributed by atoms with Gasteiger partial charge in [0.1, 0.15) is 5.78 Å². The zero-order valence-electron chi connectivity index (χ0n) is 9.80. The number of ketones is 1. The van der Waals surface area contributed by atoms with E-state index in [1.165, 1.54) is 4.88 Å². The Labute approximate surface area is 104 Å². The lowest BCUT2D eigenvalue weighted by Gasteiger charge is -1.97. The number of rotatable bonds is 6. The molecule has 0 aliphatic heterocycles. The molecule has 4 nitrogen and oxygen atoms in total. The third-order valence-electron chi connectivity index (χ3n) is 2.49. The number of aromatic nitrogens is 3. The third kappa shape index (κ3) is 3.78. The van der Waals surface area contributed by atoms with Gasteiger partial charge < -0.3 is 0 Å². The fourth-order valence-corrected chi connectivity index (χ4v) is 2.43. The molecule has 0 aromatic carbocycles. The molecule has 0 atom stereocenters. The SMILES string of the molecule is Cn1cc(CC(=O)CCCc2cccs2)nn1. The first-order chi connectivity index (χ1) is 8.24. The second-order valence-corrected chi connectivity index (χ2v) is 5.06. The van der Waals surface area contributed by atoms with Crippen LogP contribution in [0, 0.1) is 0 Å². The summed E-state index contributed by atoms with van der Waals surface area (Å²) in [6, 6.07) is 4.15. The Balaban J connectivity index is 1.71. The summed E-state index contributed by atoms with van der Waals surface area (Å²) in [7, 11) is 1.80. The van der Waals surface area contributed by atoms with E-state index in [1.54, 1.807) is 29.3 Å². The lowest BCUT2D eigenvalue weighted by Crippen LogP contribution is -2.03. The summed E-state index contributed by atoms with van der Waals surface area (Å²) in [6.45, 7) is 0.